The number of nitrogens with one attached hydrogen (secondary N) is 2. The molecule has 110 valence electrons. The number of nitrogens with zero attached hydrogens (tertiary/aromatic N) is 2. The van der Waals surface area contributed by atoms with E-state index in [9.17, 15) is 4.79 Å². The molecule has 6 nitrogen and oxygen atoms in total. The van der Waals surface area contributed by atoms with Crippen molar-refractivity contribution in [2.24, 2.45) is 0 Å². The summed E-state index contributed by atoms with van der Waals surface area (Å²) in [5.74, 6) is 1.15. The third-order valence-electron chi connectivity index (χ3n) is 2.80. The zero-order valence-electron chi connectivity index (χ0n) is 12.1. The van der Waals surface area contributed by atoms with Gasteiger partial charge in [0.15, 0.2) is 11.5 Å². The first kappa shape index (κ1) is 14.8. The van der Waals surface area contributed by atoms with Crippen LogP contribution in [0.4, 0.5) is 11.5 Å². The van der Waals surface area contributed by atoms with Crippen LogP contribution in [-0.4, -0.2) is 29.8 Å². The second-order valence-corrected chi connectivity index (χ2v) is 4.41. The van der Waals surface area contributed by atoms with Crippen molar-refractivity contribution in [1.29, 1.82) is 0 Å². The van der Waals surface area contributed by atoms with E-state index < -0.39 is 0 Å². The highest BCUT2D eigenvalue weighted by atomic mass is 16.5. The lowest BCUT2D eigenvalue weighted by Crippen LogP contribution is -2.25. The van der Waals surface area contributed by atoms with Crippen LogP contribution in [0.5, 0.6) is 5.75 Å². The van der Waals surface area contributed by atoms with Crippen molar-refractivity contribution in [3.8, 4) is 5.75 Å². The van der Waals surface area contributed by atoms with Gasteiger partial charge in [-0.1, -0.05) is 6.92 Å². The molecule has 0 saturated heterocycles. The summed E-state index contributed by atoms with van der Waals surface area (Å²) in [6, 6.07) is 10.8. The van der Waals surface area contributed by atoms with Crippen LogP contribution < -0.4 is 15.4 Å². The lowest BCUT2D eigenvalue weighted by atomic mass is 10.3. The molecule has 0 aliphatic heterocycles. The third-order valence-corrected chi connectivity index (χ3v) is 2.80. The number of hydrogen-bond acceptors (Lipinski definition) is 5. The van der Waals surface area contributed by atoms with Crippen LogP contribution in [-0.2, 0) is 0 Å². The van der Waals surface area contributed by atoms with Crippen LogP contribution in [0.2, 0.25) is 0 Å². The minimum atomic E-state index is -0.208. The van der Waals surface area contributed by atoms with Crippen LogP contribution in [0, 0.1) is 0 Å². The minimum absolute atomic E-state index is 0.208. The number of benzene rings is 1. The first-order valence-corrected chi connectivity index (χ1v) is 6.76. The highest BCUT2D eigenvalue weighted by molar-refractivity contribution is 5.92. The largest absolute Gasteiger partial charge is 0.497 e. The van der Waals surface area contributed by atoms with E-state index in [4.69, 9.17) is 4.74 Å². The molecule has 1 aromatic heterocycles. The summed E-state index contributed by atoms with van der Waals surface area (Å²) >= 11 is 0. The van der Waals surface area contributed by atoms with Gasteiger partial charge in [0.2, 0.25) is 0 Å². The van der Waals surface area contributed by atoms with Crippen LogP contribution in [0.15, 0.2) is 36.4 Å². The molecule has 0 aliphatic rings. The number of anilines is 2. The van der Waals surface area contributed by atoms with Gasteiger partial charge in [0.25, 0.3) is 5.91 Å². The Morgan fingerprint density at radius 1 is 1.14 bits per heavy atom. The Bertz CT molecular complexity index is 582. The van der Waals surface area contributed by atoms with Gasteiger partial charge in [-0.2, -0.15) is 0 Å². The van der Waals surface area contributed by atoms with E-state index in [1.165, 1.54) is 0 Å². The van der Waals surface area contributed by atoms with Crippen molar-refractivity contribution in [2.45, 2.75) is 13.3 Å². The Morgan fingerprint density at radius 2 is 1.90 bits per heavy atom. The molecule has 0 bridgehead atoms. The number of carbonyl (C=O) groups excluding carboxylic acids is 1. The first-order chi connectivity index (χ1) is 10.2. The van der Waals surface area contributed by atoms with E-state index in [1.807, 2.05) is 31.2 Å². The number of rotatable bonds is 6. The lowest BCUT2D eigenvalue weighted by Gasteiger charge is -2.07. The van der Waals surface area contributed by atoms with Gasteiger partial charge >= 0.3 is 0 Å². The SMILES string of the molecule is CCCNC(=O)c1ccc(Nc2ccc(OC)cc2)nn1. The van der Waals surface area contributed by atoms with E-state index in [-0.39, 0.29) is 5.91 Å². The number of methoxy groups -OCH3 is 1. The highest BCUT2D eigenvalue weighted by Gasteiger charge is 2.07. The van der Waals surface area contributed by atoms with Crippen molar-refractivity contribution in [1.82, 2.24) is 15.5 Å². The molecule has 2 rings (SSSR count). The molecule has 0 atom stereocenters. The van der Waals surface area contributed by atoms with Crippen molar-refractivity contribution in [2.75, 3.05) is 19.0 Å². The van der Waals surface area contributed by atoms with Crippen LogP contribution in [0.1, 0.15) is 23.8 Å². The summed E-state index contributed by atoms with van der Waals surface area (Å²) in [7, 11) is 1.62. The molecule has 0 saturated carbocycles. The summed E-state index contributed by atoms with van der Waals surface area (Å²) in [6.45, 7) is 2.63. The molecule has 0 aliphatic carbocycles. The molecule has 1 amide bonds. The number of carbonyl (C=O) groups is 1. The monoisotopic (exact) mass is 286 g/mol. The van der Waals surface area contributed by atoms with E-state index in [0.29, 0.717) is 18.1 Å². The van der Waals surface area contributed by atoms with Crippen molar-refractivity contribution in [3.63, 3.8) is 0 Å². The standard InChI is InChI=1S/C15H18N4O2/c1-3-10-16-15(20)13-8-9-14(19-18-13)17-11-4-6-12(21-2)7-5-11/h4-9H,3,10H2,1-2H3,(H,16,20)(H,17,19). The zero-order valence-corrected chi connectivity index (χ0v) is 12.1. The van der Waals surface area contributed by atoms with Crippen molar-refractivity contribution in [3.05, 3.63) is 42.1 Å². The first-order valence-electron chi connectivity index (χ1n) is 6.76. The molecule has 0 spiro atoms. The zero-order chi connectivity index (χ0) is 15.1. The maximum Gasteiger partial charge on any atom is 0.271 e. The van der Waals surface area contributed by atoms with E-state index >= 15 is 0 Å². The average molecular weight is 286 g/mol. The Morgan fingerprint density at radius 3 is 2.48 bits per heavy atom. The maximum absolute atomic E-state index is 11.7. The fourth-order valence-corrected chi connectivity index (χ4v) is 1.67. The van der Waals surface area contributed by atoms with Gasteiger partial charge < -0.3 is 15.4 Å². The van der Waals surface area contributed by atoms with E-state index in [2.05, 4.69) is 20.8 Å². The van der Waals surface area contributed by atoms with Crippen LogP contribution in [0.3, 0.4) is 0 Å². The Hall–Kier alpha value is -2.63. The van der Waals surface area contributed by atoms with Crippen molar-refractivity contribution < 1.29 is 9.53 Å². The Kier molecular flexibility index (Phi) is 5.09. The topological polar surface area (TPSA) is 76.1 Å². The summed E-state index contributed by atoms with van der Waals surface area (Å²) in [4.78, 5) is 11.7. The van der Waals surface area contributed by atoms with Gasteiger partial charge in [0.1, 0.15) is 5.75 Å². The second kappa shape index (κ2) is 7.23. The minimum Gasteiger partial charge on any atom is -0.497 e. The van der Waals surface area contributed by atoms with Gasteiger partial charge in [-0.3, -0.25) is 4.79 Å². The second-order valence-electron chi connectivity index (χ2n) is 4.41. The maximum atomic E-state index is 11.7. The number of amides is 1. The molecular formula is C15H18N4O2. The van der Waals surface area contributed by atoms with Gasteiger partial charge in [0.05, 0.1) is 7.11 Å². The Balaban J connectivity index is 1.99. The molecule has 1 heterocycles. The number of hydrogen-bond donors (Lipinski definition) is 2. The smallest absolute Gasteiger partial charge is 0.271 e. The number of ether oxygens (including phenoxy) is 1. The number of aromatic nitrogens is 2. The van der Waals surface area contributed by atoms with Crippen LogP contribution in [0.25, 0.3) is 0 Å². The summed E-state index contributed by atoms with van der Waals surface area (Å²) in [5, 5.41) is 13.8. The van der Waals surface area contributed by atoms with E-state index in [0.717, 1.165) is 17.9 Å². The molecule has 1 aromatic carbocycles. The quantitative estimate of drug-likeness (QED) is 0.852. The van der Waals surface area contributed by atoms with Crippen molar-refractivity contribution >= 4 is 17.4 Å². The van der Waals surface area contributed by atoms with Crippen LogP contribution >= 0.6 is 0 Å². The predicted molar refractivity (Wildman–Crippen MR) is 80.9 cm³/mol. The normalized spacial score (nSPS) is 10.0. The third kappa shape index (κ3) is 4.17. The summed E-state index contributed by atoms with van der Waals surface area (Å²) in [6.07, 6.45) is 0.885. The molecule has 0 fully saturated rings. The van der Waals surface area contributed by atoms with Gasteiger partial charge in [0, 0.05) is 12.2 Å². The molecule has 2 aromatic rings. The molecule has 0 unspecified atom stereocenters. The molecule has 2 N–H and O–H groups in total. The molecule has 0 radical (unpaired) electrons. The average Bonchev–Trinajstić information content (AvgIpc) is 2.54. The highest BCUT2D eigenvalue weighted by Crippen LogP contribution is 2.18. The molecular weight excluding hydrogens is 268 g/mol. The predicted octanol–water partition coefficient (Wildman–Crippen LogP) is 2.37. The summed E-state index contributed by atoms with van der Waals surface area (Å²) in [5.41, 5.74) is 1.18. The van der Waals surface area contributed by atoms with Gasteiger partial charge in [-0.25, -0.2) is 0 Å². The van der Waals surface area contributed by atoms with E-state index in [1.54, 1.807) is 19.2 Å². The lowest BCUT2D eigenvalue weighted by molar-refractivity contribution is 0.0947. The summed E-state index contributed by atoms with van der Waals surface area (Å²) < 4.78 is 5.09. The molecule has 21 heavy (non-hydrogen) atoms. The van der Waals surface area contributed by atoms with Gasteiger partial charge in [-0.05, 0) is 42.8 Å². The fraction of sp³-hybridized carbons (Fsp3) is 0.267. The van der Waals surface area contributed by atoms with Gasteiger partial charge in [-0.15, -0.1) is 10.2 Å². The Labute approximate surface area is 123 Å². The fourth-order valence-electron chi connectivity index (χ4n) is 1.67. The molecule has 6 heteroatoms.